The van der Waals surface area contributed by atoms with E-state index in [1.54, 1.807) is 4.52 Å². The minimum absolute atomic E-state index is 0.746. The molecule has 0 aliphatic carbocycles. The predicted molar refractivity (Wildman–Crippen MR) is 81.7 cm³/mol. The van der Waals surface area contributed by atoms with Crippen molar-refractivity contribution < 1.29 is 0 Å². The molecule has 0 fully saturated rings. The summed E-state index contributed by atoms with van der Waals surface area (Å²) < 4.78 is 1.77. The molecule has 4 nitrogen and oxygen atoms in total. The molecule has 4 aromatic rings. The van der Waals surface area contributed by atoms with Crippen molar-refractivity contribution in [1.82, 2.24) is 19.8 Å². The molecule has 2 aromatic carbocycles. The van der Waals surface area contributed by atoms with E-state index in [1.165, 1.54) is 0 Å². The highest BCUT2D eigenvalue weighted by atomic mass is 15.4. The summed E-state index contributed by atoms with van der Waals surface area (Å²) in [4.78, 5) is 0. The Labute approximate surface area is 121 Å². The van der Waals surface area contributed by atoms with Crippen molar-refractivity contribution >= 4 is 5.65 Å². The van der Waals surface area contributed by atoms with Gasteiger partial charge in [-0.1, -0.05) is 60.7 Å². The van der Waals surface area contributed by atoms with Crippen LogP contribution in [0.15, 0.2) is 72.9 Å². The van der Waals surface area contributed by atoms with Crippen LogP contribution in [-0.4, -0.2) is 19.8 Å². The molecule has 100 valence electrons. The molecule has 0 spiro atoms. The van der Waals surface area contributed by atoms with Gasteiger partial charge in [0.2, 0.25) is 0 Å². The van der Waals surface area contributed by atoms with Crippen molar-refractivity contribution in [3.63, 3.8) is 0 Å². The molecule has 0 unspecified atom stereocenters. The topological polar surface area (TPSA) is 43.1 Å². The van der Waals surface area contributed by atoms with Crippen LogP contribution in [-0.2, 0) is 0 Å². The van der Waals surface area contributed by atoms with Gasteiger partial charge in [-0.2, -0.15) is 9.61 Å². The Morgan fingerprint density at radius 1 is 0.667 bits per heavy atom. The van der Waals surface area contributed by atoms with E-state index in [1.807, 2.05) is 60.8 Å². The number of rotatable bonds is 2. The summed E-state index contributed by atoms with van der Waals surface area (Å²) in [6, 6.07) is 22.1. The number of hydrogen-bond acceptors (Lipinski definition) is 3. The molecule has 0 N–H and O–H groups in total. The van der Waals surface area contributed by atoms with Crippen molar-refractivity contribution in [3.8, 4) is 22.5 Å². The lowest BCUT2D eigenvalue weighted by atomic mass is 10.1. The molecule has 0 aliphatic heterocycles. The van der Waals surface area contributed by atoms with Gasteiger partial charge in [0.1, 0.15) is 0 Å². The van der Waals surface area contributed by atoms with E-state index in [4.69, 9.17) is 0 Å². The van der Waals surface area contributed by atoms with Gasteiger partial charge in [-0.15, -0.1) is 10.2 Å². The van der Waals surface area contributed by atoms with Gasteiger partial charge >= 0.3 is 0 Å². The predicted octanol–water partition coefficient (Wildman–Crippen LogP) is 3.46. The highest BCUT2D eigenvalue weighted by Gasteiger charge is 2.09. The molecular weight excluding hydrogens is 260 g/mol. The fourth-order valence-corrected chi connectivity index (χ4v) is 2.35. The van der Waals surface area contributed by atoms with E-state index in [-0.39, 0.29) is 0 Å². The second-order valence-electron chi connectivity index (χ2n) is 4.77. The monoisotopic (exact) mass is 272 g/mol. The van der Waals surface area contributed by atoms with Gasteiger partial charge in [-0.3, -0.25) is 0 Å². The number of hydrogen-bond donors (Lipinski definition) is 0. The van der Waals surface area contributed by atoms with Crippen molar-refractivity contribution in [2.45, 2.75) is 0 Å². The SMILES string of the molecule is c1ccc(-c2cnn3c(-c4ccccc4)nnc3c2)cc1. The van der Waals surface area contributed by atoms with Crippen LogP contribution in [0.25, 0.3) is 28.2 Å². The van der Waals surface area contributed by atoms with Crippen LogP contribution in [0.1, 0.15) is 0 Å². The smallest absolute Gasteiger partial charge is 0.185 e. The van der Waals surface area contributed by atoms with Gasteiger partial charge < -0.3 is 0 Å². The zero-order valence-corrected chi connectivity index (χ0v) is 11.2. The molecule has 0 atom stereocenters. The Hall–Kier alpha value is -3.01. The minimum Gasteiger partial charge on any atom is -0.193 e. The summed E-state index contributed by atoms with van der Waals surface area (Å²) in [5, 5.41) is 13.0. The van der Waals surface area contributed by atoms with Crippen LogP contribution in [0.4, 0.5) is 0 Å². The summed E-state index contributed by atoms with van der Waals surface area (Å²) in [6.45, 7) is 0. The normalized spacial score (nSPS) is 10.9. The first kappa shape index (κ1) is 11.8. The maximum Gasteiger partial charge on any atom is 0.185 e. The Morgan fingerprint density at radius 2 is 1.33 bits per heavy atom. The molecular formula is C17H12N4. The standard InChI is InChI=1S/C17H12N4/c1-3-7-13(8-4-1)15-11-16-19-20-17(21(16)18-12-15)14-9-5-2-6-10-14/h1-12H. The van der Waals surface area contributed by atoms with Gasteiger partial charge in [0.15, 0.2) is 11.5 Å². The largest absolute Gasteiger partial charge is 0.193 e. The third kappa shape index (κ3) is 2.07. The van der Waals surface area contributed by atoms with Gasteiger partial charge in [0.05, 0.1) is 6.20 Å². The zero-order valence-electron chi connectivity index (χ0n) is 11.2. The minimum atomic E-state index is 0.746. The molecule has 21 heavy (non-hydrogen) atoms. The lowest BCUT2D eigenvalue weighted by Gasteiger charge is -2.02. The fourth-order valence-electron chi connectivity index (χ4n) is 2.35. The van der Waals surface area contributed by atoms with Crippen molar-refractivity contribution in [1.29, 1.82) is 0 Å². The van der Waals surface area contributed by atoms with Crippen molar-refractivity contribution in [2.24, 2.45) is 0 Å². The summed E-state index contributed by atoms with van der Waals surface area (Å²) in [5.41, 5.74) is 3.91. The van der Waals surface area contributed by atoms with Gasteiger partial charge in [-0.05, 0) is 11.6 Å². The molecule has 0 radical (unpaired) electrons. The molecule has 2 heterocycles. The summed E-state index contributed by atoms with van der Waals surface area (Å²) in [7, 11) is 0. The van der Waals surface area contributed by atoms with Crippen molar-refractivity contribution in [2.75, 3.05) is 0 Å². The van der Waals surface area contributed by atoms with Crippen LogP contribution >= 0.6 is 0 Å². The second-order valence-corrected chi connectivity index (χ2v) is 4.77. The van der Waals surface area contributed by atoms with Gasteiger partial charge in [0, 0.05) is 11.1 Å². The first-order valence-electron chi connectivity index (χ1n) is 6.74. The van der Waals surface area contributed by atoms with Crippen LogP contribution < -0.4 is 0 Å². The average molecular weight is 272 g/mol. The van der Waals surface area contributed by atoms with E-state index in [0.717, 1.165) is 28.2 Å². The van der Waals surface area contributed by atoms with Crippen LogP contribution in [0.3, 0.4) is 0 Å². The van der Waals surface area contributed by atoms with E-state index in [9.17, 15) is 0 Å². The number of aromatic nitrogens is 4. The highest BCUT2D eigenvalue weighted by Crippen LogP contribution is 2.21. The van der Waals surface area contributed by atoms with Gasteiger partial charge in [-0.25, -0.2) is 0 Å². The zero-order chi connectivity index (χ0) is 14.1. The lowest BCUT2D eigenvalue weighted by Crippen LogP contribution is -1.95. The molecule has 0 amide bonds. The van der Waals surface area contributed by atoms with Crippen LogP contribution in [0, 0.1) is 0 Å². The van der Waals surface area contributed by atoms with E-state index < -0.39 is 0 Å². The summed E-state index contributed by atoms with van der Waals surface area (Å²) >= 11 is 0. The molecule has 0 bridgehead atoms. The van der Waals surface area contributed by atoms with E-state index >= 15 is 0 Å². The average Bonchev–Trinajstić information content (AvgIpc) is 2.99. The first-order valence-corrected chi connectivity index (χ1v) is 6.74. The third-order valence-electron chi connectivity index (χ3n) is 3.40. The Morgan fingerprint density at radius 3 is 2.05 bits per heavy atom. The fraction of sp³-hybridized carbons (Fsp3) is 0. The molecule has 2 aromatic heterocycles. The van der Waals surface area contributed by atoms with E-state index in [0.29, 0.717) is 0 Å². The van der Waals surface area contributed by atoms with Crippen LogP contribution in [0.5, 0.6) is 0 Å². The quantitative estimate of drug-likeness (QED) is 0.561. The number of benzene rings is 2. The molecule has 0 saturated carbocycles. The lowest BCUT2D eigenvalue weighted by molar-refractivity contribution is 0.937. The maximum atomic E-state index is 4.49. The Balaban J connectivity index is 1.85. The second kappa shape index (κ2) is 4.83. The highest BCUT2D eigenvalue weighted by molar-refractivity contribution is 5.67. The summed E-state index contributed by atoms with van der Waals surface area (Å²) in [5.74, 6) is 0.755. The maximum absolute atomic E-state index is 4.49. The molecule has 4 rings (SSSR count). The molecule has 0 aliphatic rings. The number of fused-ring (bicyclic) bond motifs is 1. The summed E-state index contributed by atoms with van der Waals surface area (Å²) in [6.07, 6.45) is 1.85. The van der Waals surface area contributed by atoms with Crippen molar-refractivity contribution in [3.05, 3.63) is 72.9 Å². The number of nitrogens with zero attached hydrogens (tertiary/aromatic N) is 4. The van der Waals surface area contributed by atoms with Gasteiger partial charge in [0.25, 0.3) is 0 Å². The third-order valence-corrected chi connectivity index (χ3v) is 3.40. The Kier molecular flexibility index (Phi) is 2.71. The Bertz CT molecular complexity index is 882. The molecule has 0 saturated heterocycles. The van der Waals surface area contributed by atoms with Crippen LogP contribution in [0.2, 0.25) is 0 Å². The van der Waals surface area contributed by atoms with E-state index in [2.05, 4.69) is 27.4 Å². The molecule has 4 heteroatoms. The first-order chi connectivity index (χ1) is 10.4.